The fourth-order valence-electron chi connectivity index (χ4n) is 1.27. The Bertz CT molecular complexity index is 185. The highest BCUT2D eigenvalue weighted by Gasteiger charge is 2.34. The van der Waals surface area contributed by atoms with Crippen LogP contribution in [0.2, 0.25) is 0 Å². The van der Waals surface area contributed by atoms with Gasteiger partial charge in [-0.2, -0.15) is 0 Å². The fraction of sp³-hybridized carbons (Fsp3) is 0.900. The van der Waals surface area contributed by atoms with Crippen molar-refractivity contribution in [2.45, 2.75) is 52.6 Å². The normalized spacial score (nSPS) is 16.8. The Hall–Kier alpha value is -0.570. The van der Waals surface area contributed by atoms with Crippen molar-refractivity contribution in [3.63, 3.8) is 0 Å². The van der Waals surface area contributed by atoms with Crippen LogP contribution in [0.5, 0.6) is 0 Å². The molecule has 3 heteroatoms. The second-order valence-electron chi connectivity index (χ2n) is 4.36. The molecule has 1 amide bonds. The van der Waals surface area contributed by atoms with Crippen molar-refractivity contribution >= 4 is 5.91 Å². The van der Waals surface area contributed by atoms with Crippen molar-refractivity contribution in [2.75, 3.05) is 0 Å². The number of amides is 1. The minimum Gasteiger partial charge on any atom is -0.275 e. The summed E-state index contributed by atoms with van der Waals surface area (Å²) in [7, 11) is 0. The Kier molecular flexibility index (Phi) is 3.31. The van der Waals surface area contributed by atoms with Crippen LogP contribution in [0.3, 0.4) is 0 Å². The summed E-state index contributed by atoms with van der Waals surface area (Å²) in [6.07, 6.45) is 2.14. The Morgan fingerprint density at radius 2 is 1.85 bits per heavy atom. The molecule has 1 aliphatic rings. The zero-order valence-corrected chi connectivity index (χ0v) is 9.00. The maximum Gasteiger partial charge on any atom is 0.240 e. The maximum absolute atomic E-state index is 11.7. The van der Waals surface area contributed by atoms with Crippen LogP contribution >= 0.6 is 0 Å². The highest BCUT2D eigenvalue weighted by Crippen LogP contribution is 2.31. The SMILES string of the molecule is CC(C)NN(C(=O)C1CC1)C(C)C. The quantitative estimate of drug-likeness (QED) is 0.672. The van der Waals surface area contributed by atoms with Gasteiger partial charge in [-0.05, 0) is 40.5 Å². The van der Waals surface area contributed by atoms with Gasteiger partial charge in [-0.25, -0.2) is 5.43 Å². The molecule has 0 radical (unpaired) electrons. The summed E-state index contributed by atoms with van der Waals surface area (Å²) >= 11 is 0. The third-order valence-electron chi connectivity index (χ3n) is 2.08. The van der Waals surface area contributed by atoms with Gasteiger partial charge in [0.05, 0.1) is 0 Å². The first kappa shape index (κ1) is 10.5. The van der Waals surface area contributed by atoms with Gasteiger partial charge < -0.3 is 0 Å². The van der Waals surface area contributed by atoms with Gasteiger partial charge in [-0.15, -0.1) is 0 Å². The van der Waals surface area contributed by atoms with Gasteiger partial charge in [-0.3, -0.25) is 9.80 Å². The standard InChI is InChI=1S/C10H20N2O/c1-7(2)11-12(8(3)4)10(13)9-5-6-9/h7-9,11H,5-6H2,1-4H3. The molecule has 0 atom stereocenters. The second-order valence-corrected chi connectivity index (χ2v) is 4.36. The van der Waals surface area contributed by atoms with E-state index >= 15 is 0 Å². The molecule has 0 saturated heterocycles. The molecule has 3 nitrogen and oxygen atoms in total. The molecule has 0 aromatic rings. The van der Waals surface area contributed by atoms with Crippen LogP contribution in [0.1, 0.15) is 40.5 Å². The Morgan fingerprint density at radius 1 is 1.31 bits per heavy atom. The van der Waals surface area contributed by atoms with Crippen molar-refractivity contribution in [2.24, 2.45) is 5.92 Å². The molecule has 1 aliphatic carbocycles. The van der Waals surface area contributed by atoms with Gasteiger partial charge in [0, 0.05) is 18.0 Å². The predicted molar refractivity (Wildman–Crippen MR) is 53.0 cm³/mol. The van der Waals surface area contributed by atoms with Crippen LogP contribution in [0.15, 0.2) is 0 Å². The lowest BCUT2D eigenvalue weighted by Gasteiger charge is -2.29. The number of rotatable bonds is 4. The highest BCUT2D eigenvalue weighted by atomic mass is 16.2. The monoisotopic (exact) mass is 184 g/mol. The van der Waals surface area contributed by atoms with E-state index in [9.17, 15) is 4.79 Å². The molecule has 76 valence electrons. The zero-order valence-electron chi connectivity index (χ0n) is 9.00. The summed E-state index contributed by atoms with van der Waals surface area (Å²) in [5.74, 6) is 0.567. The lowest BCUT2D eigenvalue weighted by atomic mass is 10.3. The van der Waals surface area contributed by atoms with E-state index in [0.717, 1.165) is 12.8 Å². The first-order chi connectivity index (χ1) is 6.02. The average molecular weight is 184 g/mol. The number of hydrazine groups is 1. The maximum atomic E-state index is 11.7. The molecule has 0 bridgehead atoms. The van der Waals surface area contributed by atoms with Crippen molar-refractivity contribution in [1.29, 1.82) is 0 Å². The van der Waals surface area contributed by atoms with Crippen LogP contribution in [-0.4, -0.2) is 23.0 Å². The number of hydrogen-bond acceptors (Lipinski definition) is 2. The summed E-state index contributed by atoms with van der Waals surface area (Å²) in [6.45, 7) is 8.18. The molecule has 0 spiro atoms. The molecular formula is C10H20N2O. The van der Waals surface area contributed by atoms with Gasteiger partial charge in [-0.1, -0.05) is 0 Å². The van der Waals surface area contributed by atoms with E-state index < -0.39 is 0 Å². The number of hydrogen-bond donors (Lipinski definition) is 1. The van der Waals surface area contributed by atoms with Gasteiger partial charge >= 0.3 is 0 Å². The van der Waals surface area contributed by atoms with E-state index in [1.807, 2.05) is 13.8 Å². The van der Waals surface area contributed by atoms with Gasteiger partial charge in [0.1, 0.15) is 0 Å². The van der Waals surface area contributed by atoms with E-state index in [0.29, 0.717) is 12.0 Å². The van der Waals surface area contributed by atoms with Crippen LogP contribution in [-0.2, 0) is 4.79 Å². The van der Waals surface area contributed by atoms with Crippen LogP contribution in [0, 0.1) is 5.92 Å². The molecule has 0 aromatic carbocycles. The third-order valence-corrected chi connectivity index (χ3v) is 2.08. The Balaban J connectivity index is 2.50. The Labute approximate surface area is 80.5 Å². The Morgan fingerprint density at radius 3 is 2.15 bits per heavy atom. The first-order valence-electron chi connectivity index (χ1n) is 5.11. The number of nitrogens with zero attached hydrogens (tertiary/aromatic N) is 1. The number of carbonyl (C=O) groups excluding carboxylic acids is 1. The topological polar surface area (TPSA) is 32.3 Å². The van der Waals surface area contributed by atoms with Crippen molar-refractivity contribution < 1.29 is 4.79 Å². The summed E-state index contributed by atoms with van der Waals surface area (Å²) in [5.41, 5.74) is 3.18. The lowest BCUT2D eigenvalue weighted by molar-refractivity contribution is -0.138. The predicted octanol–water partition coefficient (Wildman–Crippen LogP) is 1.55. The molecule has 1 N–H and O–H groups in total. The summed E-state index contributed by atoms with van der Waals surface area (Å²) < 4.78 is 0. The van der Waals surface area contributed by atoms with Gasteiger partial charge in [0.2, 0.25) is 5.91 Å². The molecule has 1 fully saturated rings. The van der Waals surface area contributed by atoms with Gasteiger partial charge in [0.25, 0.3) is 0 Å². The summed E-state index contributed by atoms with van der Waals surface area (Å²) in [6, 6.07) is 0.570. The van der Waals surface area contributed by atoms with E-state index in [1.54, 1.807) is 5.01 Å². The number of nitrogens with one attached hydrogen (secondary N) is 1. The first-order valence-corrected chi connectivity index (χ1v) is 5.11. The summed E-state index contributed by atoms with van der Waals surface area (Å²) in [4.78, 5) is 11.7. The van der Waals surface area contributed by atoms with Crippen molar-refractivity contribution in [3.8, 4) is 0 Å². The minimum absolute atomic E-state index is 0.246. The highest BCUT2D eigenvalue weighted by molar-refractivity contribution is 5.80. The lowest BCUT2D eigenvalue weighted by Crippen LogP contribution is -2.50. The average Bonchev–Trinajstić information content (AvgIpc) is 2.80. The molecule has 1 saturated carbocycles. The largest absolute Gasteiger partial charge is 0.275 e. The van der Waals surface area contributed by atoms with Crippen LogP contribution in [0.4, 0.5) is 0 Å². The van der Waals surface area contributed by atoms with Crippen molar-refractivity contribution in [1.82, 2.24) is 10.4 Å². The van der Waals surface area contributed by atoms with E-state index in [2.05, 4.69) is 19.3 Å². The minimum atomic E-state index is 0.246. The van der Waals surface area contributed by atoms with Crippen LogP contribution in [0.25, 0.3) is 0 Å². The second kappa shape index (κ2) is 4.09. The molecule has 0 aromatic heterocycles. The van der Waals surface area contributed by atoms with Gasteiger partial charge in [0.15, 0.2) is 0 Å². The smallest absolute Gasteiger partial charge is 0.240 e. The zero-order chi connectivity index (χ0) is 10.0. The van der Waals surface area contributed by atoms with Crippen LogP contribution < -0.4 is 5.43 Å². The molecule has 13 heavy (non-hydrogen) atoms. The van der Waals surface area contributed by atoms with E-state index in [4.69, 9.17) is 0 Å². The molecule has 0 heterocycles. The molecule has 0 aliphatic heterocycles. The van der Waals surface area contributed by atoms with E-state index in [1.165, 1.54) is 0 Å². The van der Waals surface area contributed by atoms with E-state index in [-0.39, 0.29) is 11.9 Å². The molecule has 1 rings (SSSR count). The number of carbonyl (C=O) groups is 1. The third kappa shape index (κ3) is 2.99. The molecular weight excluding hydrogens is 164 g/mol. The van der Waals surface area contributed by atoms with Crippen molar-refractivity contribution in [3.05, 3.63) is 0 Å². The molecule has 0 unspecified atom stereocenters. The fourth-order valence-corrected chi connectivity index (χ4v) is 1.27. The summed E-state index contributed by atoms with van der Waals surface area (Å²) in [5, 5.41) is 1.78.